The average Bonchev–Trinajstić information content (AvgIpc) is 2.76. The summed E-state index contributed by atoms with van der Waals surface area (Å²) in [6.07, 6.45) is 4.09. The summed E-state index contributed by atoms with van der Waals surface area (Å²) in [6, 6.07) is 0. The molecule has 0 amide bonds. The van der Waals surface area contributed by atoms with Crippen molar-refractivity contribution in [3.8, 4) is 0 Å². The lowest BCUT2D eigenvalue weighted by molar-refractivity contribution is 0.137. The number of hydrogen-bond acceptors (Lipinski definition) is 1. The molecule has 1 rings (SSSR count). The van der Waals surface area contributed by atoms with Crippen LogP contribution >= 0.6 is 0 Å². The highest BCUT2D eigenvalue weighted by atomic mass is 16.6. The van der Waals surface area contributed by atoms with E-state index in [1.807, 2.05) is 0 Å². The third-order valence-corrected chi connectivity index (χ3v) is 1.39. The summed E-state index contributed by atoms with van der Waals surface area (Å²) in [4.78, 5) is 8.56. The number of carbonyl (C=O) groups is 1. The molecule has 0 bridgehead atoms. The first-order valence-electron chi connectivity index (χ1n) is 4.08. The third-order valence-electron chi connectivity index (χ3n) is 1.39. The predicted molar refractivity (Wildman–Crippen MR) is 49.5 cm³/mol. The van der Waals surface area contributed by atoms with Gasteiger partial charge < -0.3 is 10.2 Å². The number of hydrogen-bond donors (Lipinski definition) is 2. The van der Waals surface area contributed by atoms with E-state index in [-0.39, 0.29) is 0 Å². The van der Waals surface area contributed by atoms with Crippen molar-refractivity contribution in [1.82, 2.24) is 0 Å². The maximum absolute atomic E-state index is 8.56. The highest BCUT2D eigenvalue weighted by Crippen LogP contribution is 2.32. The molecule has 1 fully saturated rings. The van der Waals surface area contributed by atoms with Crippen LogP contribution in [0.25, 0.3) is 0 Å². The van der Waals surface area contributed by atoms with E-state index in [0.717, 1.165) is 5.92 Å². The Morgan fingerprint density at radius 1 is 1.42 bits per heavy atom. The van der Waals surface area contributed by atoms with Crippen molar-refractivity contribution in [2.45, 2.75) is 32.6 Å². The molecule has 3 nitrogen and oxygen atoms in total. The molecular weight excluding hydrogens is 156 g/mol. The Bertz CT molecular complexity index is 104. The third kappa shape index (κ3) is 23.0. The van der Waals surface area contributed by atoms with Crippen LogP contribution in [0.1, 0.15) is 32.6 Å². The molecule has 3 heteroatoms. The first-order chi connectivity index (χ1) is 5.66. The van der Waals surface area contributed by atoms with E-state index < -0.39 is 6.16 Å². The van der Waals surface area contributed by atoms with E-state index in [1.54, 1.807) is 0 Å². The topological polar surface area (TPSA) is 57.5 Å². The van der Waals surface area contributed by atoms with Gasteiger partial charge in [-0.1, -0.05) is 32.6 Å². The van der Waals surface area contributed by atoms with Crippen LogP contribution in [0.15, 0.2) is 13.2 Å². The van der Waals surface area contributed by atoms with Crippen LogP contribution in [0.5, 0.6) is 0 Å². The van der Waals surface area contributed by atoms with Gasteiger partial charge in [-0.25, -0.2) is 4.79 Å². The van der Waals surface area contributed by atoms with Gasteiger partial charge in [-0.2, -0.15) is 0 Å². The molecule has 1 aliphatic carbocycles. The summed E-state index contributed by atoms with van der Waals surface area (Å²) < 4.78 is 0. The highest BCUT2D eigenvalue weighted by Gasteiger charge is 2.18. The summed E-state index contributed by atoms with van der Waals surface area (Å²) in [6.45, 7) is 8.26. The number of carboxylic acid groups (broad SMARTS) is 2. The molecule has 0 heterocycles. The zero-order valence-corrected chi connectivity index (χ0v) is 7.62. The Balaban J connectivity index is 0. The SMILES string of the molecule is C=C.CCCC1CC1.O=C(O)O. The summed E-state index contributed by atoms with van der Waals surface area (Å²) in [5.41, 5.74) is 0. The zero-order chi connectivity index (χ0) is 9.98. The molecule has 1 saturated carbocycles. The van der Waals surface area contributed by atoms with Crippen LogP contribution in [0.2, 0.25) is 0 Å². The minimum atomic E-state index is -1.83. The van der Waals surface area contributed by atoms with E-state index >= 15 is 0 Å². The van der Waals surface area contributed by atoms with E-state index in [1.165, 1.54) is 25.7 Å². The lowest BCUT2D eigenvalue weighted by Crippen LogP contribution is -1.81. The van der Waals surface area contributed by atoms with Gasteiger partial charge in [0.2, 0.25) is 0 Å². The second-order valence-electron chi connectivity index (χ2n) is 2.51. The largest absolute Gasteiger partial charge is 0.503 e. The van der Waals surface area contributed by atoms with Crippen LogP contribution in [0.3, 0.4) is 0 Å². The van der Waals surface area contributed by atoms with Crippen molar-refractivity contribution in [3.05, 3.63) is 13.2 Å². The summed E-state index contributed by atoms with van der Waals surface area (Å²) in [5, 5.41) is 13.9. The number of rotatable bonds is 2. The molecule has 0 atom stereocenters. The molecule has 12 heavy (non-hydrogen) atoms. The van der Waals surface area contributed by atoms with Gasteiger partial charge in [-0.3, -0.25) is 0 Å². The quantitative estimate of drug-likeness (QED) is 0.632. The van der Waals surface area contributed by atoms with Crippen molar-refractivity contribution in [3.63, 3.8) is 0 Å². The Morgan fingerprint density at radius 2 is 1.75 bits per heavy atom. The minimum absolute atomic E-state index is 1.15. The van der Waals surface area contributed by atoms with Crippen molar-refractivity contribution in [2.24, 2.45) is 5.92 Å². The van der Waals surface area contributed by atoms with Crippen molar-refractivity contribution in [1.29, 1.82) is 0 Å². The second-order valence-corrected chi connectivity index (χ2v) is 2.51. The van der Waals surface area contributed by atoms with E-state index in [4.69, 9.17) is 15.0 Å². The summed E-state index contributed by atoms with van der Waals surface area (Å²) in [5.74, 6) is 1.15. The normalized spacial score (nSPS) is 13.1. The van der Waals surface area contributed by atoms with Gasteiger partial charge in [0.05, 0.1) is 0 Å². The van der Waals surface area contributed by atoms with Crippen molar-refractivity contribution >= 4 is 6.16 Å². The van der Waals surface area contributed by atoms with Crippen LogP contribution in [-0.4, -0.2) is 16.4 Å². The maximum atomic E-state index is 8.56. The standard InChI is InChI=1S/C6H12.C2H4.CH2O3/c1-2-3-6-4-5-6;1-2;2-1(3)4/h6H,2-5H2,1H3;1-2H2;(H2,2,3,4). The molecule has 1 aliphatic rings. The maximum Gasteiger partial charge on any atom is 0.503 e. The molecule has 0 unspecified atom stereocenters. The lowest BCUT2D eigenvalue weighted by Gasteiger charge is -1.82. The van der Waals surface area contributed by atoms with Gasteiger partial charge in [0, 0.05) is 0 Å². The van der Waals surface area contributed by atoms with Crippen molar-refractivity contribution in [2.75, 3.05) is 0 Å². The predicted octanol–water partition coefficient (Wildman–Crippen LogP) is 3.22. The fraction of sp³-hybridized carbons (Fsp3) is 0.667. The Hall–Kier alpha value is -0.990. The smallest absolute Gasteiger partial charge is 0.450 e. The minimum Gasteiger partial charge on any atom is -0.450 e. The zero-order valence-electron chi connectivity index (χ0n) is 7.62. The monoisotopic (exact) mass is 174 g/mol. The molecule has 2 N–H and O–H groups in total. The van der Waals surface area contributed by atoms with Crippen LogP contribution in [0, 0.1) is 5.92 Å². The van der Waals surface area contributed by atoms with Gasteiger partial charge in [-0.05, 0) is 5.92 Å². The molecule has 0 radical (unpaired) electrons. The van der Waals surface area contributed by atoms with Gasteiger partial charge in [0.15, 0.2) is 0 Å². The van der Waals surface area contributed by atoms with Gasteiger partial charge in [0.1, 0.15) is 0 Å². The summed E-state index contributed by atoms with van der Waals surface area (Å²) >= 11 is 0. The van der Waals surface area contributed by atoms with E-state index in [9.17, 15) is 0 Å². The molecule has 72 valence electrons. The van der Waals surface area contributed by atoms with Crippen LogP contribution < -0.4 is 0 Å². The van der Waals surface area contributed by atoms with Gasteiger partial charge in [-0.15, -0.1) is 13.2 Å². The highest BCUT2D eigenvalue weighted by molar-refractivity contribution is 5.53. The van der Waals surface area contributed by atoms with Gasteiger partial charge >= 0.3 is 6.16 Å². The first-order valence-corrected chi connectivity index (χ1v) is 4.08. The fourth-order valence-corrected chi connectivity index (χ4v) is 0.815. The molecule has 0 saturated heterocycles. The first kappa shape index (κ1) is 13.6. The average molecular weight is 174 g/mol. The summed E-state index contributed by atoms with van der Waals surface area (Å²) in [7, 11) is 0. The van der Waals surface area contributed by atoms with E-state index in [0.29, 0.717) is 0 Å². The Labute approximate surface area is 73.7 Å². The van der Waals surface area contributed by atoms with Crippen LogP contribution in [0.4, 0.5) is 4.79 Å². The molecular formula is C9H18O3. The molecule has 0 aromatic carbocycles. The Morgan fingerprint density at radius 3 is 1.83 bits per heavy atom. The van der Waals surface area contributed by atoms with Crippen LogP contribution in [-0.2, 0) is 0 Å². The lowest BCUT2D eigenvalue weighted by atomic mass is 10.2. The molecule has 0 aromatic rings. The molecule has 0 aliphatic heterocycles. The van der Waals surface area contributed by atoms with Gasteiger partial charge in [0.25, 0.3) is 0 Å². The van der Waals surface area contributed by atoms with E-state index in [2.05, 4.69) is 20.1 Å². The Kier molecular flexibility index (Phi) is 11.3. The fourth-order valence-electron chi connectivity index (χ4n) is 0.815. The van der Waals surface area contributed by atoms with Crippen molar-refractivity contribution < 1.29 is 15.0 Å². The molecule has 0 spiro atoms. The molecule has 0 aromatic heterocycles. The second kappa shape index (κ2) is 10.0.